The van der Waals surface area contributed by atoms with Crippen LogP contribution in [0.2, 0.25) is 0 Å². The Kier molecular flexibility index (Phi) is 4.23. The Morgan fingerprint density at radius 2 is 1.89 bits per heavy atom. The molecule has 8 heteroatoms. The number of hydrogen-bond acceptors (Lipinski definition) is 3. The van der Waals surface area contributed by atoms with E-state index in [1.807, 2.05) is 0 Å². The van der Waals surface area contributed by atoms with Crippen LogP contribution in [0.3, 0.4) is 0 Å². The molecule has 0 amide bonds. The van der Waals surface area contributed by atoms with E-state index < -0.39 is 43.1 Å². The Balaban J connectivity index is 2.67. The van der Waals surface area contributed by atoms with Gasteiger partial charge in [-0.15, -0.1) is 0 Å². The fraction of sp³-hybridized carbons (Fsp3) is 0.727. The summed E-state index contributed by atoms with van der Waals surface area (Å²) in [6.07, 6.45) is -6.87. The monoisotopic (exact) mass is 288 g/mol. The van der Waals surface area contributed by atoms with Gasteiger partial charge in [0.2, 0.25) is 0 Å². The fourth-order valence-corrected chi connectivity index (χ4v) is 1.64. The van der Waals surface area contributed by atoms with Gasteiger partial charge in [0.25, 0.3) is 0 Å². The molecule has 1 unspecified atom stereocenters. The Hall–Kier alpha value is -1.18. The van der Waals surface area contributed by atoms with Gasteiger partial charge in [-0.2, -0.15) is 22.0 Å². The van der Waals surface area contributed by atoms with E-state index in [2.05, 4.69) is 16.1 Å². The van der Waals surface area contributed by atoms with Crippen molar-refractivity contribution < 1.29 is 36.2 Å². The SMILES string of the molecule is C=C(C)C(=O)OCCC1(C(F)(F)C(F)(F)F)CCO1. The first-order chi connectivity index (χ1) is 8.53. The predicted octanol–water partition coefficient (Wildman–Crippen LogP) is 2.85. The van der Waals surface area contributed by atoms with Crippen molar-refractivity contribution in [2.24, 2.45) is 0 Å². The molecule has 1 aliphatic rings. The number of halogens is 5. The lowest BCUT2D eigenvalue weighted by Crippen LogP contribution is -2.64. The van der Waals surface area contributed by atoms with Crippen molar-refractivity contribution in [3.63, 3.8) is 0 Å². The van der Waals surface area contributed by atoms with Gasteiger partial charge in [0.15, 0.2) is 0 Å². The lowest BCUT2D eigenvalue weighted by atomic mass is 9.84. The maximum atomic E-state index is 13.3. The molecule has 0 bridgehead atoms. The Bertz CT molecular complexity index is 371. The van der Waals surface area contributed by atoms with Gasteiger partial charge >= 0.3 is 18.1 Å². The van der Waals surface area contributed by atoms with E-state index in [4.69, 9.17) is 0 Å². The van der Waals surface area contributed by atoms with E-state index >= 15 is 0 Å². The Labute approximate surface area is 106 Å². The first-order valence-corrected chi connectivity index (χ1v) is 5.45. The molecule has 0 aromatic carbocycles. The van der Waals surface area contributed by atoms with Crippen LogP contribution in [0.25, 0.3) is 0 Å². The van der Waals surface area contributed by atoms with E-state index in [9.17, 15) is 26.7 Å². The highest BCUT2D eigenvalue weighted by atomic mass is 19.4. The lowest BCUT2D eigenvalue weighted by molar-refractivity contribution is -0.379. The van der Waals surface area contributed by atoms with Crippen molar-refractivity contribution >= 4 is 5.97 Å². The smallest absolute Gasteiger partial charge is 0.456 e. The minimum Gasteiger partial charge on any atom is -0.462 e. The number of ether oxygens (including phenoxy) is 2. The molecular weight excluding hydrogens is 275 g/mol. The minimum atomic E-state index is -5.70. The van der Waals surface area contributed by atoms with Crippen molar-refractivity contribution in [1.29, 1.82) is 0 Å². The van der Waals surface area contributed by atoms with Crippen LogP contribution in [0.15, 0.2) is 12.2 Å². The molecule has 110 valence electrons. The average molecular weight is 288 g/mol. The van der Waals surface area contributed by atoms with Gasteiger partial charge in [0, 0.05) is 18.4 Å². The first kappa shape index (κ1) is 15.9. The molecule has 0 radical (unpaired) electrons. The van der Waals surface area contributed by atoms with Gasteiger partial charge in [-0.25, -0.2) is 4.79 Å². The zero-order valence-corrected chi connectivity index (χ0v) is 10.2. The molecular formula is C11H13F5O3. The van der Waals surface area contributed by atoms with Gasteiger partial charge in [-0.1, -0.05) is 6.58 Å². The van der Waals surface area contributed by atoms with Gasteiger partial charge in [-0.3, -0.25) is 0 Å². The Morgan fingerprint density at radius 3 is 2.21 bits per heavy atom. The second-order valence-electron chi connectivity index (χ2n) is 4.33. The van der Waals surface area contributed by atoms with Crippen molar-refractivity contribution in [2.45, 2.75) is 37.5 Å². The van der Waals surface area contributed by atoms with Crippen LogP contribution in [-0.2, 0) is 14.3 Å². The molecule has 1 rings (SSSR count). The molecule has 1 heterocycles. The summed E-state index contributed by atoms with van der Waals surface area (Å²) in [5.41, 5.74) is -2.60. The summed E-state index contributed by atoms with van der Waals surface area (Å²) in [5.74, 6) is -5.82. The fourth-order valence-electron chi connectivity index (χ4n) is 1.64. The number of carbonyl (C=O) groups excluding carboxylic acids is 1. The summed E-state index contributed by atoms with van der Waals surface area (Å²) in [6.45, 7) is 3.83. The summed E-state index contributed by atoms with van der Waals surface area (Å²) >= 11 is 0. The summed E-state index contributed by atoms with van der Waals surface area (Å²) < 4.78 is 72.5. The molecule has 0 aromatic heterocycles. The second-order valence-corrected chi connectivity index (χ2v) is 4.33. The average Bonchev–Trinajstić information content (AvgIpc) is 2.19. The third-order valence-electron chi connectivity index (χ3n) is 2.90. The Morgan fingerprint density at radius 1 is 1.37 bits per heavy atom. The highest BCUT2D eigenvalue weighted by molar-refractivity contribution is 5.86. The molecule has 0 saturated carbocycles. The molecule has 3 nitrogen and oxygen atoms in total. The predicted molar refractivity (Wildman–Crippen MR) is 54.7 cm³/mol. The third kappa shape index (κ3) is 2.88. The van der Waals surface area contributed by atoms with Gasteiger partial charge < -0.3 is 9.47 Å². The quantitative estimate of drug-likeness (QED) is 0.443. The lowest BCUT2D eigenvalue weighted by Gasteiger charge is -2.47. The van der Waals surface area contributed by atoms with E-state index in [0.29, 0.717) is 0 Å². The van der Waals surface area contributed by atoms with Gasteiger partial charge in [-0.05, 0) is 6.92 Å². The van der Waals surface area contributed by atoms with Crippen LogP contribution in [0, 0.1) is 0 Å². The molecule has 0 N–H and O–H groups in total. The van der Waals surface area contributed by atoms with Crippen LogP contribution in [0.5, 0.6) is 0 Å². The van der Waals surface area contributed by atoms with Gasteiger partial charge in [0.1, 0.15) is 5.60 Å². The van der Waals surface area contributed by atoms with Gasteiger partial charge in [0.05, 0.1) is 13.2 Å². The molecule has 0 aromatic rings. The summed E-state index contributed by atoms with van der Waals surface area (Å²) in [7, 11) is 0. The summed E-state index contributed by atoms with van der Waals surface area (Å²) in [5, 5.41) is 0. The number of carbonyl (C=O) groups is 1. The van der Waals surface area contributed by atoms with Crippen molar-refractivity contribution in [1.82, 2.24) is 0 Å². The van der Waals surface area contributed by atoms with Crippen molar-refractivity contribution in [3.8, 4) is 0 Å². The molecule has 19 heavy (non-hydrogen) atoms. The van der Waals surface area contributed by atoms with Crippen molar-refractivity contribution in [2.75, 3.05) is 13.2 Å². The molecule has 1 atom stereocenters. The number of alkyl halides is 5. The van der Waals surface area contributed by atoms with E-state index in [1.165, 1.54) is 6.92 Å². The zero-order chi connectivity index (χ0) is 14.9. The van der Waals surface area contributed by atoms with Crippen LogP contribution in [0.4, 0.5) is 22.0 Å². The largest absolute Gasteiger partial charge is 0.462 e. The highest BCUT2D eigenvalue weighted by Gasteiger charge is 2.72. The molecule has 1 fully saturated rings. The minimum absolute atomic E-state index is 0.0335. The van der Waals surface area contributed by atoms with Crippen LogP contribution >= 0.6 is 0 Å². The topological polar surface area (TPSA) is 35.5 Å². The standard InChI is InChI=1S/C11H13F5O3/c1-7(2)8(17)18-5-3-9(4-6-19-9)10(12,13)11(14,15)16/h1,3-6H2,2H3. The van der Waals surface area contributed by atoms with E-state index in [1.54, 1.807) is 0 Å². The summed E-state index contributed by atoms with van der Waals surface area (Å²) in [6, 6.07) is 0. The number of hydrogen-bond donors (Lipinski definition) is 0. The normalized spacial score (nSPS) is 23.7. The third-order valence-corrected chi connectivity index (χ3v) is 2.90. The molecule has 0 aliphatic carbocycles. The summed E-state index contributed by atoms with van der Waals surface area (Å²) in [4.78, 5) is 11.0. The maximum Gasteiger partial charge on any atom is 0.456 e. The molecule has 1 saturated heterocycles. The second kappa shape index (κ2) is 5.07. The molecule has 1 aliphatic heterocycles. The zero-order valence-electron chi connectivity index (χ0n) is 10.2. The number of esters is 1. The van der Waals surface area contributed by atoms with Crippen LogP contribution < -0.4 is 0 Å². The first-order valence-electron chi connectivity index (χ1n) is 5.45. The van der Waals surface area contributed by atoms with Crippen LogP contribution in [-0.4, -0.2) is 36.9 Å². The molecule has 0 spiro atoms. The highest BCUT2D eigenvalue weighted by Crippen LogP contribution is 2.52. The maximum absolute atomic E-state index is 13.3. The van der Waals surface area contributed by atoms with E-state index in [0.717, 1.165) is 0 Å². The van der Waals surface area contributed by atoms with Crippen LogP contribution in [0.1, 0.15) is 19.8 Å². The van der Waals surface area contributed by atoms with Crippen molar-refractivity contribution in [3.05, 3.63) is 12.2 Å². The van der Waals surface area contributed by atoms with E-state index in [-0.39, 0.29) is 12.2 Å². The number of rotatable bonds is 5.